The van der Waals surface area contributed by atoms with Gasteiger partial charge in [-0.2, -0.15) is 0 Å². The fourth-order valence-corrected chi connectivity index (χ4v) is 1.60. The van der Waals surface area contributed by atoms with E-state index in [-0.39, 0.29) is 12.2 Å². The Hall–Kier alpha value is -1.99. The molecule has 0 fully saturated rings. The number of hydrogen-bond donors (Lipinski definition) is 2. The van der Waals surface area contributed by atoms with Gasteiger partial charge >= 0.3 is 6.09 Å². The number of alkyl carbamates (subject to hydrolysis) is 1. The van der Waals surface area contributed by atoms with Crippen LogP contribution in [-0.4, -0.2) is 30.8 Å². The molecule has 0 aliphatic heterocycles. The van der Waals surface area contributed by atoms with E-state index < -0.39 is 36.7 Å². The molecule has 1 unspecified atom stereocenters. The van der Waals surface area contributed by atoms with Gasteiger partial charge in [-0.15, -0.1) is 0 Å². The predicted molar refractivity (Wildman–Crippen MR) is 78.9 cm³/mol. The molecule has 1 amide bonds. The summed E-state index contributed by atoms with van der Waals surface area (Å²) in [5.41, 5.74) is -0.255. The average Bonchev–Trinajstić information content (AvgIpc) is 2.42. The molecule has 0 aliphatic carbocycles. The van der Waals surface area contributed by atoms with Crippen molar-refractivity contribution in [3.8, 4) is 0 Å². The van der Waals surface area contributed by atoms with Gasteiger partial charge < -0.3 is 15.4 Å². The van der Waals surface area contributed by atoms with E-state index in [9.17, 15) is 22.4 Å². The first-order chi connectivity index (χ1) is 10.6. The van der Waals surface area contributed by atoms with Gasteiger partial charge in [0.05, 0.1) is 12.2 Å². The third-order valence-electron chi connectivity index (χ3n) is 2.63. The minimum Gasteiger partial charge on any atom is -0.444 e. The molecule has 0 aromatic heterocycles. The first-order valence-corrected chi connectivity index (χ1v) is 7.00. The van der Waals surface area contributed by atoms with Crippen LogP contribution in [0.4, 0.5) is 28.0 Å². The van der Waals surface area contributed by atoms with Crippen LogP contribution in [0.1, 0.15) is 26.3 Å². The number of anilines is 1. The van der Waals surface area contributed by atoms with Crippen LogP contribution in [0.5, 0.6) is 0 Å². The van der Waals surface area contributed by atoms with Crippen LogP contribution in [0.25, 0.3) is 0 Å². The molecular weight excluding hydrogens is 316 g/mol. The molecule has 1 atom stereocenters. The van der Waals surface area contributed by atoms with Crippen molar-refractivity contribution in [2.75, 3.05) is 11.9 Å². The van der Waals surface area contributed by atoms with Gasteiger partial charge in [0, 0.05) is 6.54 Å². The second-order valence-corrected chi connectivity index (χ2v) is 5.90. The van der Waals surface area contributed by atoms with Crippen molar-refractivity contribution >= 4 is 11.8 Å². The number of alkyl halides is 3. The lowest BCUT2D eigenvalue weighted by Crippen LogP contribution is -2.32. The second kappa shape index (κ2) is 8.03. The molecule has 0 bridgehead atoms. The van der Waals surface area contributed by atoms with E-state index in [1.165, 1.54) is 12.1 Å². The number of rotatable bonds is 6. The minimum absolute atomic E-state index is 0.0533. The highest BCUT2D eigenvalue weighted by Crippen LogP contribution is 2.17. The second-order valence-electron chi connectivity index (χ2n) is 5.90. The van der Waals surface area contributed by atoms with E-state index in [0.29, 0.717) is 5.56 Å². The molecule has 1 aromatic rings. The summed E-state index contributed by atoms with van der Waals surface area (Å²) in [7, 11) is 0. The topological polar surface area (TPSA) is 50.4 Å². The van der Waals surface area contributed by atoms with Gasteiger partial charge in [-0.05, 0) is 38.5 Å². The van der Waals surface area contributed by atoms with Crippen LogP contribution in [0.15, 0.2) is 18.2 Å². The number of benzene rings is 1. The maximum atomic E-state index is 13.6. The molecule has 1 aromatic carbocycles. The highest BCUT2D eigenvalue weighted by molar-refractivity contribution is 5.67. The lowest BCUT2D eigenvalue weighted by molar-refractivity contribution is 0.0523. The van der Waals surface area contributed by atoms with Crippen LogP contribution >= 0.6 is 0 Å². The van der Waals surface area contributed by atoms with Crippen molar-refractivity contribution in [3.63, 3.8) is 0 Å². The third kappa shape index (κ3) is 7.21. The van der Waals surface area contributed by atoms with Crippen molar-refractivity contribution in [1.29, 1.82) is 0 Å². The van der Waals surface area contributed by atoms with Gasteiger partial charge in [-0.3, -0.25) is 0 Å². The van der Waals surface area contributed by atoms with Gasteiger partial charge in [0.15, 0.2) is 6.17 Å². The number of carbonyl (C=O) groups excluding carboxylic acids is 1. The van der Waals surface area contributed by atoms with Crippen molar-refractivity contribution in [1.82, 2.24) is 5.32 Å². The third-order valence-corrected chi connectivity index (χ3v) is 2.63. The Kier molecular flexibility index (Phi) is 6.65. The van der Waals surface area contributed by atoms with Crippen LogP contribution in [0.3, 0.4) is 0 Å². The Morgan fingerprint density at radius 2 is 1.91 bits per heavy atom. The molecule has 23 heavy (non-hydrogen) atoms. The number of carbonyl (C=O) groups is 1. The van der Waals surface area contributed by atoms with E-state index >= 15 is 0 Å². The van der Waals surface area contributed by atoms with Gasteiger partial charge in [-0.1, -0.05) is 6.07 Å². The molecular formula is C15H20F4N2O2. The summed E-state index contributed by atoms with van der Waals surface area (Å²) in [5.74, 6) is -0.701. The van der Waals surface area contributed by atoms with Gasteiger partial charge in [0.2, 0.25) is 0 Å². The van der Waals surface area contributed by atoms with Crippen molar-refractivity contribution in [2.24, 2.45) is 0 Å². The fourth-order valence-electron chi connectivity index (χ4n) is 1.60. The summed E-state index contributed by atoms with van der Waals surface area (Å²) in [4.78, 5) is 11.5. The highest BCUT2D eigenvalue weighted by atomic mass is 19.3. The summed E-state index contributed by atoms with van der Waals surface area (Å²) < 4.78 is 55.6. The molecule has 0 saturated carbocycles. The smallest absolute Gasteiger partial charge is 0.407 e. The van der Waals surface area contributed by atoms with E-state index in [0.717, 1.165) is 6.07 Å². The Labute approximate surface area is 132 Å². The summed E-state index contributed by atoms with van der Waals surface area (Å²) in [6.45, 7) is 4.48. The standard InChI is InChI=1S/C15H20F4N2O2/c1-15(2,3)23-14(22)21-7-9-4-5-10(16)12(6-9)20-8-11(17)13(18)19/h4-6,11,13,20H,7-8H2,1-3H3,(H,21,22). The number of amides is 1. The molecule has 0 radical (unpaired) electrons. The summed E-state index contributed by atoms with van der Waals surface area (Å²) in [6.07, 6.45) is -6.17. The lowest BCUT2D eigenvalue weighted by Gasteiger charge is -2.19. The zero-order valence-corrected chi connectivity index (χ0v) is 13.1. The van der Waals surface area contributed by atoms with Crippen LogP contribution in [0.2, 0.25) is 0 Å². The molecule has 0 heterocycles. The van der Waals surface area contributed by atoms with E-state index in [1.807, 2.05) is 0 Å². The molecule has 130 valence electrons. The van der Waals surface area contributed by atoms with E-state index in [4.69, 9.17) is 4.74 Å². The molecule has 8 heteroatoms. The quantitative estimate of drug-likeness (QED) is 0.776. The number of ether oxygens (including phenoxy) is 1. The molecule has 4 nitrogen and oxygen atoms in total. The predicted octanol–water partition coefficient (Wildman–Crippen LogP) is 3.87. The zero-order valence-electron chi connectivity index (χ0n) is 13.1. The SMILES string of the molecule is CC(C)(C)OC(=O)NCc1ccc(F)c(NCC(F)C(F)F)c1. The molecule has 0 spiro atoms. The van der Waals surface area contributed by atoms with E-state index in [1.54, 1.807) is 20.8 Å². The molecule has 0 aliphatic rings. The van der Waals surface area contributed by atoms with Gasteiger partial charge in [0.25, 0.3) is 6.43 Å². The zero-order chi connectivity index (χ0) is 17.6. The molecule has 0 saturated heterocycles. The average molecular weight is 336 g/mol. The largest absolute Gasteiger partial charge is 0.444 e. The summed E-state index contributed by atoms with van der Waals surface area (Å²) in [6, 6.07) is 3.83. The lowest BCUT2D eigenvalue weighted by atomic mass is 10.2. The number of nitrogens with one attached hydrogen (secondary N) is 2. The highest BCUT2D eigenvalue weighted by Gasteiger charge is 2.19. The number of halogens is 4. The van der Waals surface area contributed by atoms with Crippen LogP contribution in [0, 0.1) is 5.82 Å². The Bertz CT molecular complexity index is 533. The first-order valence-electron chi connectivity index (χ1n) is 7.00. The van der Waals surface area contributed by atoms with Crippen LogP contribution in [-0.2, 0) is 11.3 Å². The summed E-state index contributed by atoms with van der Waals surface area (Å²) >= 11 is 0. The maximum Gasteiger partial charge on any atom is 0.407 e. The van der Waals surface area contributed by atoms with Crippen molar-refractivity contribution in [2.45, 2.75) is 45.5 Å². The normalized spacial score (nSPS) is 12.9. The Morgan fingerprint density at radius 1 is 1.26 bits per heavy atom. The first kappa shape index (κ1) is 19.1. The number of hydrogen-bond acceptors (Lipinski definition) is 3. The van der Waals surface area contributed by atoms with E-state index in [2.05, 4.69) is 10.6 Å². The van der Waals surface area contributed by atoms with Gasteiger partial charge in [-0.25, -0.2) is 22.4 Å². The molecule has 2 N–H and O–H groups in total. The monoisotopic (exact) mass is 336 g/mol. The fraction of sp³-hybridized carbons (Fsp3) is 0.533. The Morgan fingerprint density at radius 3 is 2.48 bits per heavy atom. The van der Waals surface area contributed by atoms with Crippen LogP contribution < -0.4 is 10.6 Å². The van der Waals surface area contributed by atoms with Crippen molar-refractivity contribution < 1.29 is 27.1 Å². The minimum atomic E-state index is -3.14. The Balaban J connectivity index is 2.61. The summed E-state index contributed by atoms with van der Waals surface area (Å²) in [5, 5.41) is 4.77. The maximum absolute atomic E-state index is 13.6. The molecule has 1 rings (SSSR count). The van der Waals surface area contributed by atoms with Gasteiger partial charge in [0.1, 0.15) is 11.4 Å². The van der Waals surface area contributed by atoms with Crippen molar-refractivity contribution in [3.05, 3.63) is 29.6 Å².